The van der Waals surface area contributed by atoms with Gasteiger partial charge in [0.05, 0.1) is 6.10 Å². The topological polar surface area (TPSA) is 120 Å². The van der Waals surface area contributed by atoms with Gasteiger partial charge in [0.2, 0.25) is 11.9 Å². The number of nitrogens with zero attached hydrogens (tertiary/aromatic N) is 4. The van der Waals surface area contributed by atoms with E-state index in [2.05, 4.69) is 41.2 Å². The molecule has 0 amide bonds. The van der Waals surface area contributed by atoms with E-state index in [0.29, 0.717) is 54.2 Å². The molecule has 2 heterocycles. The Labute approximate surface area is 141 Å². The Kier molecular flexibility index (Phi) is 6.30. The fraction of sp³-hybridized carbons (Fsp3) is 0.600. The third-order valence-corrected chi connectivity index (χ3v) is 3.12. The average Bonchev–Trinajstić information content (AvgIpc) is 2.54. The summed E-state index contributed by atoms with van der Waals surface area (Å²) in [4.78, 5) is 18.0. The molecule has 132 valence electrons. The smallest absolute Gasteiger partial charge is 0.225 e. The van der Waals surface area contributed by atoms with Gasteiger partial charge in [-0.25, -0.2) is 9.97 Å². The lowest BCUT2D eigenvalue weighted by Gasteiger charge is -2.14. The number of fused-ring (bicyclic) bond motifs is 1. The predicted octanol–water partition coefficient (Wildman–Crippen LogP) is 1.51. The third-order valence-electron chi connectivity index (χ3n) is 3.12. The van der Waals surface area contributed by atoms with E-state index in [4.69, 9.17) is 0 Å². The summed E-state index contributed by atoms with van der Waals surface area (Å²) >= 11 is 0. The average molecular weight is 334 g/mol. The number of aliphatic hydroxyl groups excluding tert-OH is 1. The number of hydrogen-bond donors (Lipinski definition) is 5. The first-order valence-electron chi connectivity index (χ1n) is 8.32. The number of aromatic nitrogens is 4. The zero-order valence-electron chi connectivity index (χ0n) is 14.6. The van der Waals surface area contributed by atoms with Crippen LogP contribution in [0.1, 0.15) is 27.7 Å². The molecule has 9 nitrogen and oxygen atoms in total. The third kappa shape index (κ3) is 4.31. The molecule has 0 aromatic carbocycles. The lowest BCUT2D eigenvalue weighted by atomic mass is 10.3. The molecule has 1 unspecified atom stereocenters. The van der Waals surface area contributed by atoms with Crippen molar-refractivity contribution in [2.75, 3.05) is 47.4 Å². The van der Waals surface area contributed by atoms with Crippen LogP contribution in [0.2, 0.25) is 0 Å². The molecule has 0 bridgehead atoms. The van der Waals surface area contributed by atoms with Crippen LogP contribution in [0, 0.1) is 0 Å². The summed E-state index contributed by atoms with van der Waals surface area (Å²) in [5, 5.41) is 22.1. The van der Waals surface area contributed by atoms with Gasteiger partial charge in [-0.15, -0.1) is 0 Å². The fourth-order valence-electron chi connectivity index (χ4n) is 2.15. The van der Waals surface area contributed by atoms with Gasteiger partial charge in [-0.2, -0.15) is 9.97 Å². The highest BCUT2D eigenvalue weighted by molar-refractivity contribution is 5.94. The van der Waals surface area contributed by atoms with Crippen molar-refractivity contribution in [3.63, 3.8) is 0 Å². The van der Waals surface area contributed by atoms with Crippen molar-refractivity contribution in [3.8, 4) is 0 Å². The van der Waals surface area contributed by atoms with Gasteiger partial charge >= 0.3 is 0 Å². The van der Waals surface area contributed by atoms with E-state index in [1.165, 1.54) is 0 Å². The standard InChI is InChI=1S/C15H26N8O/c1-5-16-12-11-10(20-14(22-12)18-7-3)13(17-6-2)23-15(21-11)19-8-9(4)24/h9,24H,5-8H2,1-4H3,(H2,16,18,20,22)(H2,17,19,21,23). The van der Waals surface area contributed by atoms with E-state index < -0.39 is 6.10 Å². The molecule has 0 spiro atoms. The van der Waals surface area contributed by atoms with Crippen LogP contribution in [-0.4, -0.2) is 57.3 Å². The predicted molar refractivity (Wildman–Crippen MR) is 97.8 cm³/mol. The Balaban J connectivity index is 2.57. The summed E-state index contributed by atoms with van der Waals surface area (Å²) in [7, 11) is 0. The second kappa shape index (κ2) is 8.44. The van der Waals surface area contributed by atoms with E-state index in [0.717, 1.165) is 6.54 Å². The molecule has 0 aliphatic rings. The van der Waals surface area contributed by atoms with Crippen molar-refractivity contribution in [1.82, 2.24) is 19.9 Å². The highest BCUT2D eigenvalue weighted by Crippen LogP contribution is 2.26. The first kappa shape index (κ1) is 17.9. The Morgan fingerprint density at radius 3 is 1.62 bits per heavy atom. The number of hydrogen-bond acceptors (Lipinski definition) is 9. The van der Waals surface area contributed by atoms with E-state index in [-0.39, 0.29) is 0 Å². The maximum absolute atomic E-state index is 9.45. The van der Waals surface area contributed by atoms with Crippen molar-refractivity contribution in [1.29, 1.82) is 0 Å². The summed E-state index contributed by atoms with van der Waals surface area (Å²) in [5.41, 5.74) is 1.29. The zero-order chi connectivity index (χ0) is 17.5. The van der Waals surface area contributed by atoms with Crippen LogP contribution < -0.4 is 21.3 Å². The summed E-state index contributed by atoms with van der Waals surface area (Å²) in [6.45, 7) is 10.2. The summed E-state index contributed by atoms with van der Waals surface area (Å²) in [6.07, 6.45) is -0.493. The highest BCUT2D eigenvalue weighted by atomic mass is 16.3. The number of aliphatic hydroxyl groups is 1. The Morgan fingerprint density at radius 2 is 1.21 bits per heavy atom. The Bertz CT molecular complexity index is 676. The normalized spacial score (nSPS) is 12.0. The lowest BCUT2D eigenvalue weighted by molar-refractivity contribution is 0.208. The Hall–Kier alpha value is -2.42. The number of rotatable bonds is 9. The molecule has 0 radical (unpaired) electrons. The molecule has 2 aromatic rings. The van der Waals surface area contributed by atoms with E-state index in [9.17, 15) is 5.11 Å². The highest BCUT2D eigenvalue weighted by Gasteiger charge is 2.15. The van der Waals surface area contributed by atoms with Crippen LogP contribution in [0.15, 0.2) is 0 Å². The maximum Gasteiger partial charge on any atom is 0.225 e. The van der Waals surface area contributed by atoms with Gasteiger partial charge in [0.15, 0.2) is 11.6 Å². The van der Waals surface area contributed by atoms with Crippen molar-refractivity contribution in [3.05, 3.63) is 0 Å². The van der Waals surface area contributed by atoms with Crippen molar-refractivity contribution in [2.24, 2.45) is 0 Å². The molecule has 0 aliphatic carbocycles. The minimum absolute atomic E-state index is 0.365. The SMILES string of the molecule is CCNc1nc(NCC)c2nc(NCC(C)O)nc(NCC)c2n1. The molecule has 5 N–H and O–H groups in total. The first-order chi connectivity index (χ1) is 11.6. The minimum atomic E-state index is -0.493. The van der Waals surface area contributed by atoms with Crippen LogP contribution in [-0.2, 0) is 0 Å². The fourth-order valence-corrected chi connectivity index (χ4v) is 2.15. The summed E-state index contributed by atoms with van der Waals surface area (Å²) in [5.74, 6) is 2.25. The molecule has 0 aliphatic heterocycles. The lowest BCUT2D eigenvalue weighted by Crippen LogP contribution is -2.18. The zero-order valence-corrected chi connectivity index (χ0v) is 14.6. The van der Waals surface area contributed by atoms with Gasteiger partial charge in [-0.3, -0.25) is 0 Å². The van der Waals surface area contributed by atoms with Gasteiger partial charge in [-0.1, -0.05) is 0 Å². The molecule has 0 fully saturated rings. The van der Waals surface area contributed by atoms with Gasteiger partial charge in [0.25, 0.3) is 0 Å². The van der Waals surface area contributed by atoms with Crippen LogP contribution >= 0.6 is 0 Å². The second-order valence-electron chi connectivity index (χ2n) is 5.31. The van der Waals surface area contributed by atoms with Crippen LogP contribution in [0.5, 0.6) is 0 Å². The minimum Gasteiger partial charge on any atom is -0.392 e. The van der Waals surface area contributed by atoms with Crippen molar-refractivity contribution >= 4 is 34.6 Å². The molecular formula is C15H26N8O. The summed E-state index contributed by atoms with van der Waals surface area (Å²) in [6, 6.07) is 0. The van der Waals surface area contributed by atoms with E-state index in [1.54, 1.807) is 6.92 Å². The molecular weight excluding hydrogens is 308 g/mol. The van der Waals surface area contributed by atoms with Crippen molar-refractivity contribution in [2.45, 2.75) is 33.8 Å². The van der Waals surface area contributed by atoms with Gasteiger partial charge in [-0.05, 0) is 27.7 Å². The van der Waals surface area contributed by atoms with Gasteiger partial charge in [0.1, 0.15) is 11.0 Å². The molecule has 9 heteroatoms. The maximum atomic E-state index is 9.45. The summed E-state index contributed by atoms with van der Waals surface area (Å²) < 4.78 is 0. The van der Waals surface area contributed by atoms with Crippen LogP contribution in [0.25, 0.3) is 11.0 Å². The van der Waals surface area contributed by atoms with Crippen molar-refractivity contribution < 1.29 is 5.11 Å². The van der Waals surface area contributed by atoms with Gasteiger partial charge < -0.3 is 26.4 Å². The van der Waals surface area contributed by atoms with Crippen LogP contribution in [0.3, 0.4) is 0 Å². The van der Waals surface area contributed by atoms with E-state index >= 15 is 0 Å². The largest absolute Gasteiger partial charge is 0.392 e. The molecule has 24 heavy (non-hydrogen) atoms. The number of nitrogens with one attached hydrogen (secondary N) is 4. The molecule has 2 aromatic heterocycles. The number of anilines is 4. The monoisotopic (exact) mass is 334 g/mol. The van der Waals surface area contributed by atoms with Gasteiger partial charge in [0, 0.05) is 26.2 Å². The molecule has 1 atom stereocenters. The van der Waals surface area contributed by atoms with Crippen LogP contribution in [0.4, 0.5) is 23.5 Å². The molecule has 0 saturated heterocycles. The second-order valence-corrected chi connectivity index (χ2v) is 5.31. The molecule has 0 saturated carbocycles. The van der Waals surface area contributed by atoms with E-state index in [1.807, 2.05) is 20.8 Å². The quantitative estimate of drug-likeness (QED) is 0.464. The molecule has 2 rings (SSSR count). The Morgan fingerprint density at radius 1 is 0.750 bits per heavy atom. The first-order valence-corrected chi connectivity index (χ1v) is 8.32.